The molecule has 1 heterocycles. The van der Waals surface area contributed by atoms with Crippen LogP contribution in [-0.2, 0) is 9.59 Å². The molecule has 2 amide bonds. The first kappa shape index (κ1) is 17.0. The Bertz CT molecular complexity index is 1020. The number of carbonyl (C=O) groups excluding carboxylic acids is 2. The molecule has 134 valence electrons. The molecule has 0 bridgehead atoms. The minimum Gasteiger partial charge on any atom is -0.323 e. The molecular weight excluding hydrogens is 336 g/mol. The quantitative estimate of drug-likeness (QED) is 0.694. The van der Waals surface area contributed by atoms with Crippen LogP contribution in [-0.4, -0.2) is 18.4 Å². The number of fused-ring (bicyclic) bond motifs is 1. The van der Waals surface area contributed by atoms with Crippen LogP contribution in [0.2, 0.25) is 0 Å². The average Bonchev–Trinajstić information content (AvgIpc) is 3.13. The molecule has 0 spiro atoms. The Morgan fingerprint density at radius 3 is 2.52 bits per heavy atom. The summed E-state index contributed by atoms with van der Waals surface area (Å²) in [5.74, 6) is -0.0299. The van der Waals surface area contributed by atoms with Crippen molar-refractivity contribution in [3.05, 3.63) is 78.4 Å². The minimum atomic E-state index is -0.187. The van der Waals surface area contributed by atoms with Gasteiger partial charge in [-0.1, -0.05) is 42.5 Å². The second kappa shape index (κ2) is 7.46. The zero-order valence-electron chi connectivity index (χ0n) is 14.9. The fraction of sp³-hybridized carbons (Fsp3) is 0.130. The van der Waals surface area contributed by atoms with E-state index in [1.807, 2.05) is 60.7 Å². The third-order valence-electron chi connectivity index (χ3n) is 4.76. The second-order valence-corrected chi connectivity index (χ2v) is 6.59. The molecule has 3 aromatic carbocycles. The van der Waals surface area contributed by atoms with Crippen LogP contribution in [0.15, 0.2) is 72.8 Å². The van der Waals surface area contributed by atoms with Gasteiger partial charge in [0.2, 0.25) is 11.8 Å². The molecule has 0 atom stereocenters. The Labute approximate surface area is 158 Å². The van der Waals surface area contributed by atoms with Gasteiger partial charge in [-0.3, -0.25) is 9.59 Å². The number of rotatable bonds is 4. The van der Waals surface area contributed by atoms with Crippen LogP contribution in [0, 0.1) is 0 Å². The molecule has 1 N–H and O–H groups in total. The van der Waals surface area contributed by atoms with Crippen LogP contribution < -0.4 is 10.2 Å². The highest BCUT2D eigenvalue weighted by Gasteiger charge is 2.21. The van der Waals surface area contributed by atoms with E-state index in [0.29, 0.717) is 12.1 Å². The number of amides is 2. The molecular formula is C23H20N2O2. The zero-order valence-corrected chi connectivity index (χ0v) is 14.9. The van der Waals surface area contributed by atoms with Crippen molar-refractivity contribution in [2.24, 2.45) is 0 Å². The van der Waals surface area contributed by atoms with Gasteiger partial charge in [-0.05, 0) is 53.1 Å². The Balaban J connectivity index is 1.44. The summed E-state index contributed by atoms with van der Waals surface area (Å²) in [6.07, 6.45) is 4.88. The summed E-state index contributed by atoms with van der Waals surface area (Å²) in [5, 5.41) is 5.12. The predicted octanol–water partition coefficient (Wildman–Crippen LogP) is 4.62. The highest BCUT2D eigenvalue weighted by molar-refractivity contribution is 6.04. The van der Waals surface area contributed by atoms with Crippen molar-refractivity contribution in [2.45, 2.75) is 12.8 Å². The zero-order chi connectivity index (χ0) is 18.6. The predicted molar refractivity (Wildman–Crippen MR) is 110 cm³/mol. The molecule has 1 fully saturated rings. The molecule has 4 nitrogen and oxygen atoms in total. The number of benzene rings is 3. The van der Waals surface area contributed by atoms with Gasteiger partial charge in [0.05, 0.1) is 0 Å². The van der Waals surface area contributed by atoms with E-state index < -0.39 is 0 Å². The van der Waals surface area contributed by atoms with Crippen molar-refractivity contribution in [3.8, 4) is 0 Å². The average molecular weight is 356 g/mol. The lowest BCUT2D eigenvalue weighted by Gasteiger charge is -2.15. The van der Waals surface area contributed by atoms with Gasteiger partial charge in [0.15, 0.2) is 0 Å². The van der Waals surface area contributed by atoms with Gasteiger partial charge in [-0.15, -0.1) is 0 Å². The van der Waals surface area contributed by atoms with E-state index in [1.54, 1.807) is 11.0 Å². The summed E-state index contributed by atoms with van der Waals surface area (Å²) in [6, 6.07) is 21.5. The molecule has 0 aromatic heterocycles. The highest BCUT2D eigenvalue weighted by Crippen LogP contribution is 2.23. The number of hydrogen-bond donors (Lipinski definition) is 1. The Morgan fingerprint density at radius 2 is 1.74 bits per heavy atom. The lowest BCUT2D eigenvalue weighted by Crippen LogP contribution is -2.23. The van der Waals surface area contributed by atoms with Gasteiger partial charge in [0.25, 0.3) is 0 Å². The first-order valence-corrected chi connectivity index (χ1v) is 9.08. The van der Waals surface area contributed by atoms with Crippen LogP contribution in [0.4, 0.5) is 11.4 Å². The Kier molecular flexibility index (Phi) is 4.71. The van der Waals surface area contributed by atoms with Crippen molar-refractivity contribution in [1.29, 1.82) is 0 Å². The molecule has 4 rings (SSSR count). The van der Waals surface area contributed by atoms with Gasteiger partial charge in [0.1, 0.15) is 0 Å². The molecule has 0 saturated carbocycles. The smallest absolute Gasteiger partial charge is 0.248 e. The largest absolute Gasteiger partial charge is 0.323 e. The number of nitrogens with one attached hydrogen (secondary N) is 1. The van der Waals surface area contributed by atoms with Crippen molar-refractivity contribution >= 4 is 40.0 Å². The van der Waals surface area contributed by atoms with Crippen LogP contribution >= 0.6 is 0 Å². The van der Waals surface area contributed by atoms with E-state index in [1.165, 1.54) is 0 Å². The molecule has 3 aromatic rings. The maximum absolute atomic E-state index is 12.3. The SMILES string of the molecule is O=C(/C=C/c1cccc2ccccc12)Nc1ccc(N2CCCC2=O)cc1. The fourth-order valence-electron chi connectivity index (χ4n) is 3.39. The summed E-state index contributed by atoms with van der Waals surface area (Å²) < 4.78 is 0. The Hall–Kier alpha value is -3.40. The van der Waals surface area contributed by atoms with Gasteiger partial charge in [-0.2, -0.15) is 0 Å². The van der Waals surface area contributed by atoms with E-state index in [4.69, 9.17) is 0 Å². The molecule has 4 heteroatoms. The number of nitrogens with zero attached hydrogens (tertiary/aromatic N) is 1. The summed E-state index contributed by atoms with van der Waals surface area (Å²) in [4.78, 5) is 25.8. The first-order chi connectivity index (χ1) is 13.2. The van der Waals surface area contributed by atoms with Crippen LogP contribution in [0.3, 0.4) is 0 Å². The van der Waals surface area contributed by atoms with Crippen molar-refractivity contribution < 1.29 is 9.59 Å². The second-order valence-electron chi connectivity index (χ2n) is 6.59. The minimum absolute atomic E-state index is 0.157. The summed E-state index contributed by atoms with van der Waals surface area (Å²) >= 11 is 0. The van der Waals surface area contributed by atoms with Gasteiger partial charge in [0, 0.05) is 30.4 Å². The summed E-state index contributed by atoms with van der Waals surface area (Å²) in [7, 11) is 0. The van der Waals surface area contributed by atoms with E-state index in [0.717, 1.165) is 35.0 Å². The van der Waals surface area contributed by atoms with Crippen molar-refractivity contribution in [1.82, 2.24) is 0 Å². The number of anilines is 2. The number of carbonyl (C=O) groups is 2. The first-order valence-electron chi connectivity index (χ1n) is 9.08. The molecule has 1 saturated heterocycles. The molecule has 27 heavy (non-hydrogen) atoms. The standard InChI is InChI=1S/C23H20N2O2/c26-22(15-10-18-7-3-6-17-5-1-2-8-21(17)18)24-19-11-13-20(14-12-19)25-16-4-9-23(25)27/h1-3,5-8,10-15H,4,9,16H2,(H,24,26)/b15-10+. The Morgan fingerprint density at radius 1 is 0.963 bits per heavy atom. The van der Waals surface area contributed by atoms with E-state index >= 15 is 0 Å². The third-order valence-corrected chi connectivity index (χ3v) is 4.76. The van der Waals surface area contributed by atoms with Crippen LogP contribution in [0.1, 0.15) is 18.4 Å². The van der Waals surface area contributed by atoms with Crippen LogP contribution in [0.5, 0.6) is 0 Å². The lowest BCUT2D eigenvalue weighted by atomic mass is 10.0. The molecule has 0 unspecified atom stereocenters. The maximum atomic E-state index is 12.3. The van der Waals surface area contributed by atoms with Crippen molar-refractivity contribution in [3.63, 3.8) is 0 Å². The van der Waals surface area contributed by atoms with Crippen LogP contribution in [0.25, 0.3) is 16.8 Å². The molecule has 1 aliphatic heterocycles. The van der Waals surface area contributed by atoms with E-state index in [2.05, 4.69) is 17.4 Å². The van der Waals surface area contributed by atoms with Crippen molar-refractivity contribution in [2.75, 3.05) is 16.8 Å². The van der Waals surface area contributed by atoms with Gasteiger partial charge in [-0.25, -0.2) is 0 Å². The fourth-order valence-corrected chi connectivity index (χ4v) is 3.39. The topological polar surface area (TPSA) is 49.4 Å². The normalized spacial score (nSPS) is 14.2. The molecule has 1 aliphatic rings. The molecule has 0 radical (unpaired) electrons. The van der Waals surface area contributed by atoms with E-state index in [-0.39, 0.29) is 11.8 Å². The monoisotopic (exact) mass is 356 g/mol. The summed E-state index contributed by atoms with van der Waals surface area (Å²) in [6.45, 7) is 0.762. The lowest BCUT2D eigenvalue weighted by molar-refractivity contribution is -0.117. The van der Waals surface area contributed by atoms with Gasteiger partial charge < -0.3 is 10.2 Å². The molecule has 0 aliphatic carbocycles. The number of hydrogen-bond acceptors (Lipinski definition) is 2. The summed E-state index contributed by atoms with van der Waals surface area (Å²) in [5.41, 5.74) is 2.59. The van der Waals surface area contributed by atoms with Gasteiger partial charge >= 0.3 is 0 Å². The highest BCUT2D eigenvalue weighted by atomic mass is 16.2. The third kappa shape index (κ3) is 3.75. The maximum Gasteiger partial charge on any atom is 0.248 e. The van der Waals surface area contributed by atoms with E-state index in [9.17, 15) is 9.59 Å².